The van der Waals surface area contributed by atoms with Gasteiger partial charge in [0.05, 0.1) is 0 Å². The Labute approximate surface area is 321 Å². The Morgan fingerprint density at radius 1 is 0.863 bits per heavy atom. The van der Waals surface area contributed by atoms with Gasteiger partial charge in [0.1, 0.15) is 17.1 Å². The molecule has 0 unspecified atom stereocenters. The number of carbonyl (C=O) groups excluding carboxylic acids is 1. The summed E-state index contributed by atoms with van der Waals surface area (Å²) in [6.07, 6.45) is 6.59. The Bertz CT molecular complexity index is 2170. The predicted octanol–water partition coefficient (Wildman–Crippen LogP) is 13.6. The van der Waals surface area contributed by atoms with Gasteiger partial charge in [-0.3, -0.25) is 9.78 Å². The zero-order valence-electron chi connectivity index (χ0n) is 31.8. The second-order valence-corrected chi connectivity index (χ2v) is 16.3. The quantitative estimate of drug-likeness (QED) is 0.0893. The summed E-state index contributed by atoms with van der Waals surface area (Å²) < 4.78 is 7.63. The fourth-order valence-electron chi connectivity index (χ4n) is 6.36. The molecule has 6 rings (SSSR count). The van der Waals surface area contributed by atoms with Gasteiger partial charge in [0.15, 0.2) is 5.78 Å². The maximum absolute atomic E-state index is 12.2. The number of pyridine rings is 1. The minimum Gasteiger partial charge on any atom is -0.512 e. The Balaban J connectivity index is 0.000000279. The number of fused-ring (bicyclic) bond motifs is 3. The zero-order chi connectivity index (χ0) is 36.4. The smallest absolute Gasteiger partial charge is 0.164 e. The molecular formula is C45H52IrNO3S-. The van der Waals surface area contributed by atoms with Gasteiger partial charge in [-0.2, -0.15) is 0 Å². The van der Waals surface area contributed by atoms with Gasteiger partial charge in [-0.05, 0) is 67.7 Å². The second-order valence-electron chi connectivity index (χ2n) is 15.1. The molecule has 0 saturated carbocycles. The molecule has 271 valence electrons. The summed E-state index contributed by atoms with van der Waals surface area (Å²) in [6, 6.07) is 27.1. The van der Waals surface area contributed by atoms with Crippen LogP contribution in [0.25, 0.3) is 54.4 Å². The van der Waals surface area contributed by atoms with Gasteiger partial charge >= 0.3 is 0 Å². The third-order valence-corrected chi connectivity index (χ3v) is 11.9. The van der Waals surface area contributed by atoms with Gasteiger partial charge in [0.25, 0.3) is 0 Å². The van der Waals surface area contributed by atoms with Crippen molar-refractivity contribution in [3.8, 4) is 22.6 Å². The van der Waals surface area contributed by atoms with Crippen LogP contribution in [-0.4, -0.2) is 15.9 Å². The first kappa shape index (κ1) is 40.2. The van der Waals surface area contributed by atoms with Crippen LogP contribution >= 0.6 is 11.3 Å². The largest absolute Gasteiger partial charge is 0.512 e. The number of hydrogen-bond donors (Lipinski definition) is 1. The first-order chi connectivity index (χ1) is 23.7. The van der Waals surface area contributed by atoms with Crippen LogP contribution in [0.5, 0.6) is 0 Å². The molecule has 0 saturated heterocycles. The molecule has 0 aliphatic rings. The molecule has 6 aromatic rings. The van der Waals surface area contributed by atoms with Crippen molar-refractivity contribution in [1.29, 1.82) is 0 Å². The number of aliphatic hydroxyl groups is 1. The fourth-order valence-corrected chi connectivity index (χ4v) is 7.39. The number of hydrogen-bond acceptors (Lipinski definition) is 5. The molecule has 3 aromatic carbocycles. The minimum atomic E-state index is -0.337. The van der Waals surface area contributed by atoms with Gasteiger partial charge in [0.2, 0.25) is 0 Å². The second kappa shape index (κ2) is 16.0. The number of rotatable bonds is 9. The molecular weight excluding hydrogens is 827 g/mol. The molecule has 0 aliphatic carbocycles. The van der Waals surface area contributed by atoms with Crippen molar-refractivity contribution < 1.29 is 34.4 Å². The third-order valence-electron chi connectivity index (χ3n) is 10.8. The molecule has 0 fully saturated rings. The van der Waals surface area contributed by atoms with Gasteiger partial charge in [-0.25, -0.2) is 0 Å². The summed E-state index contributed by atoms with van der Waals surface area (Å²) in [5, 5.41) is 14.8. The monoisotopic (exact) mass is 879 g/mol. The fraction of sp³-hybridized carbons (Fsp3) is 0.378. The molecule has 3 heterocycles. The molecule has 0 bridgehead atoms. The predicted molar refractivity (Wildman–Crippen MR) is 213 cm³/mol. The van der Waals surface area contributed by atoms with E-state index < -0.39 is 0 Å². The average Bonchev–Trinajstić information content (AvgIpc) is 3.73. The maximum atomic E-state index is 12.2. The Hall–Kier alpha value is -3.57. The summed E-state index contributed by atoms with van der Waals surface area (Å²) in [4.78, 5) is 18.3. The first-order valence-corrected chi connectivity index (χ1v) is 18.8. The summed E-state index contributed by atoms with van der Waals surface area (Å²) >= 11 is 1.81. The number of thiophene rings is 1. The van der Waals surface area contributed by atoms with Crippen molar-refractivity contribution >= 4 is 48.9 Å². The van der Waals surface area contributed by atoms with E-state index in [1.54, 1.807) is 0 Å². The third kappa shape index (κ3) is 8.25. The van der Waals surface area contributed by atoms with Crippen molar-refractivity contribution in [2.75, 3.05) is 0 Å². The summed E-state index contributed by atoms with van der Waals surface area (Å²) in [7, 11) is 0. The number of aromatic nitrogens is 1. The van der Waals surface area contributed by atoms with Crippen LogP contribution in [0.2, 0.25) is 0 Å². The van der Waals surface area contributed by atoms with Crippen molar-refractivity contribution in [3.05, 3.63) is 101 Å². The van der Waals surface area contributed by atoms with E-state index in [9.17, 15) is 9.90 Å². The topological polar surface area (TPSA) is 63.3 Å². The number of aryl methyl sites for hydroxylation is 1. The van der Waals surface area contributed by atoms with Crippen LogP contribution in [0.1, 0.15) is 98.4 Å². The van der Waals surface area contributed by atoms with E-state index in [0.29, 0.717) is 0 Å². The van der Waals surface area contributed by atoms with E-state index in [-0.39, 0.29) is 47.9 Å². The Kier molecular flexibility index (Phi) is 12.6. The number of allylic oxidation sites excluding steroid dienone is 2. The number of nitrogens with zero attached hydrogens (tertiary/aromatic N) is 1. The van der Waals surface area contributed by atoms with Crippen LogP contribution in [0.4, 0.5) is 0 Å². The van der Waals surface area contributed by atoms with Gasteiger partial charge in [-0.15, -0.1) is 40.5 Å². The average molecular weight is 879 g/mol. The number of aliphatic hydroxyl groups excluding tert-OH is 1. The number of ketones is 1. The zero-order valence-corrected chi connectivity index (χ0v) is 35.0. The molecule has 1 N–H and O–H groups in total. The van der Waals surface area contributed by atoms with Crippen LogP contribution in [0, 0.1) is 23.8 Å². The normalized spacial score (nSPS) is 12.5. The molecule has 0 aliphatic heterocycles. The standard InChI is InChI=1S/C30H24NOS.C15H28O2.Ir/c1-18-14-20-9-7-11-23(29(20)33-18)27-17-24-26(32-27)12-13-31-28(24)21-15-19-8-5-6-10-22(19)25(16-21)30(2,3)4;1-7-14(5,8-2)12(16)11-13(17)15(6,9-3)10-4;/h5-14,16-17H,1-4H3;11,16H,7-10H2,1-6H3;/q-1;;/b;12-11-;. The van der Waals surface area contributed by atoms with Crippen molar-refractivity contribution in [3.63, 3.8) is 0 Å². The molecule has 0 spiro atoms. The first-order valence-electron chi connectivity index (χ1n) is 18.0. The maximum Gasteiger partial charge on any atom is 0.164 e. The van der Waals surface area contributed by atoms with Crippen molar-refractivity contribution in [1.82, 2.24) is 4.98 Å². The van der Waals surface area contributed by atoms with Gasteiger partial charge in [0, 0.05) is 69.4 Å². The summed E-state index contributed by atoms with van der Waals surface area (Å²) in [5.41, 5.74) is 4.59. The van der Waals surface area contributed by atoms with E-state index >= 15 is 0 Å². The summed E-state index contributed by atoms with van der Waals surface area (Å²) in [6.45, 7) is 21.0. The van der Waals surface area contributed by atoms with Gasteiger partial charge < -0.3 is 9.52 Å². The molecule has 6 heteroatoms. The van der Waals surface area contributed by atoms with Crippen molar-refractivity contribution in [2.45, 2.75) is 100 Å². The molecule has 4 nitrogen and oxygen atoms in total. The van der Waals surface area contributed by atoms with Crippen LogP contribution < -0.4 is 0 Å². The molecule has 51 heavy (non-hydrogen) atoms. The molecule has 0 amide bonds. The van der Waals surface area contributed by atoms with E-state index in [1.165, 1.54) is 32.0 Å². The molecule has 3 aromatic heterocycles. The SMILES string of the molecule is CCC(C)(CC)C(=O)/C=C(\O)C(C)(CC)CC.Cc1cc2cccc(-c3cc4c(-c5[c-]c6ccccc6c(C(C)(C)C)c5)nccc4o3)c2s1.[Ir]. The number of furan rings is 1. The van der Waals surface area contributed by atoms with Crippen molar-refractivity contribution in [2.24, 2.45) is 10.8 Å². The minimum absolute atomic E-state index is 0. The number of benzene rings is 3. The number of carbonyl (C=O) groups is 1. The van der Waals surface area contributed by atoms with E-state index in [4.69, 9.17) is 9.40 Å². The summed E-state index contributed by atoms with van der Waals surface area (Å²) in [5.74, 6) is 1.16. The Morgan fingerprint density at radius 3 is 2.18 bits per heavy atom. The van der Waals surface area contributed by atoms with E-state index in [0.717, 1.165) is 64.6 Å². The molecule has 0 atom stereocenters. The van der Waals surface area contributed by atoms with Crippen LogP contribution in [0.3, 0.4) is 0 Å². The Morgan fingerprint density at radius 2 is 1.53 bits per heavy atom. The van der Waals surface area contributed by atoms with E-state index in [2.05, 4.69) is 94.4 Å². The van der Waals surface area contributed by atoms with Crippen LogP contribution in [0.15, 0.2) is 89.2 Å². The molecule has 1 radical (unpaired) electrons. The van der Waals surface area contributed by atoms with Crippen LogP contribution in [-0.2, 0) is 30.3 Å². The van der Waals surface area contributed by atoms with E-state index in [1.807, 2.05) is 65.1 Å². The van der Waals surface area contributed by atoms with Gasteiger partial charge in [-0.1, -0.05) is 104 Å².